The number of alkyl halides is 6. The Morgan fingerprint density at radius 3 is 2.00 bits per heavy atom. The van der Waals surface area contributed by atoms with Crippen molar-refractivity contribution in [2.45, 2.75) is 32.0 Å². The predicted molar refractivity (Wildman–Crippen MR) is 107 cm³/mol. The number of carbonyl (C=O) groups excluding carboxylic acids is 1. The molecule has 0 aromatic heterocycles. The monoisotopic (exact) mass is 477 g/mol. The summed E-state index contributed by atoms with van der Waals surface area (Å²) < 4.78 is 98.6. The van der Waals surface area contributed by atoms with Crippen LogP contribution in [0.15, 0.2) is 36.4 Å². The fourth-order valence-electron chi connectivity index (χ4n) is 2.39. The van der Waals surface area contributed by atoms with E-state index in [2.05, 4.69) is 11.5 Å². The predicted octanol–water partition coefficient (Wildman–Crippen LogP) is 6.73. The lowest BCUT2D eigenvalue weighted by atomic mass is 10.0. The maximum absolute atomic E-state index is 13.6. The van der Waals surface area contributed by atoms with Gasteiger partial charge in [0.2, 0.25) is 0 Å². The highest BCUT2D eigenvalue weighted by molar-refractivity contribution is 6.83. The zero-order valence-electron chi connectivity index (χ0n) is 17.4. The zero-order valence-corrected chi connectivity index (χ0v) is 18.4. The van der Waals surface area contributed by atoms with Crippen molar-refractivity contribution < 1.29 is 40.3 Å². The lowest BCUT2D eigenvalue weighted by Gasteiger charge is -2.21. The van der Waals surface area contributed by atoms with Gasteiger partial charge >= 0.3 is 18.4 Å². The molecule has 0 heterocycles. The van der Waals surface area contributed by atoms with Gasteiger partial charge < -0.3 is 4.74 Å². The Morgan fingerprint density at radius 2 is 1.53 bits per heavy atom. The van der Waals surface area contributed by atoms with Crippen LogP contribution in [0.2, 0.25) is 19.6 Å². The first-order valence-corrected chi connectivity index (χ1v) is 12.6. The van der Waals surface area contributed by atoms with E-state index in [1.165, 1.54) is 12.1 Å². The third kappa shape index (κ3) is 6.50. The Labute approximate surface area is 180 Å². The molecule has 1 amide bonds. The molecule has 0 bridgehead atoms. The molecular weight excluding hydrogens is 459 g/mol. The van der Waals surface area contributed by atoms with Gasteiger partial charge in [0.15, 0.2) is 5.75 Å². The van der Waals surface area contributed by atoms with E-state index in [4.69, 9.17) is 4.74 Å². The smallest absolute Gasteiger partial charge is 0.408 e. The molecular formula is C21H18F7NO2Si. The van der Waals surface area contributed by atoms with Crippen molar-refractivity contribution in [1.82, 2.24) is 0 Å². The van der Waals surface area contributed by atoms with E-state index in [1.807, 2.05) is 0 Å². The minimum Gasteiger partial charge on any atom is -0.408 e. The number of hydrogen-bond acceptors (Lipinski definition) is 2. The number of amides is 1. The van der Waals surface area contributed by atoms with E-state index in [9.17, 15) is 35.5 Å². The minimum atomic E-state index is -5.26. The molecule has 0 aliphatic rings. The van der Waals surface area contributed by atoms with E-state index in [-0.39, 0.29) is 11.8 Å². The lowest BCUT2D eigenvalue weighted by Crippen LogP contribution is -2.30. The average Bonchev–Trinajstić information content (AvgIpc) is 2.64. The molecule has 0 atom stereocenters. The summed E-state index contributed by atoms with van der Waals surface area (Å²) in [7, 11) is -1.07. The Kier molecular flexibility index (Phi) is 6.99. The molecule has 2 aromatic carbocycles. The average molecular weight is 477 g/mol. The molecule has 32 heavy (non-hydrogen) atoms. The highest BCUT2D eigenvalue weighted by Crippen LogP contribution is 2.42. The fourth-order valence-corrected chi connectivity index (χ4v) is 2.90. The second kappa shape index (κ2) is 8.86. The van der Waals surface area contributed by atoms with Gasteiger partial charge in [0.25, 0.3) is 0 Å². The largest absolute Gasteiger partial charge is 0.420 e. The summed E-state index contributed by atoms with van der Waals surface area (Å²) in [6, 6.07) is 4.69. The van der Waals surface area contributed by atoms with Gasteiger partial charge in [-0.3, -0.25) is 4.90 Å². The molecule has 11 heteroatoms. The summed E-state index contributed by atoms with van der Waals surface area (Å²) in [6.45, 7) is 5.23. The van der Waals surface area contributed by atoms with Gasteiger partial charge in [-0.2, -0.15) is 26.3 Å². The number of benzene rings is 2. The van der Waals surface area contributed by atoms with Crippen molar-refractivity contribution in [2.24, 2.45) is 0 Å². The van der Waals surface area contributed by atoms with Crippen molar-refractivity contribution in [3.63, 3.8) is 0 Å². The summed E-state index contributed by atoms with van der Waals surface area (Å²) in [4.78, 5) is 13.3. The molecule has 0 fully saturated rings. The number of ether oxygens (including phenoxy) is 1. The van der Waals surface area contributed by atoms with Crippen LogP contribution in [0.3, 0.4) is 0 Å². The van der Waals surface area contributed by atoms with Gasteiger partial charge in [-0.1, -0.05) is 25.6 Å². The fraction of sp³-hybridized carbons (Fsp3) is 0.286. The molecule has 0 saturated carbocycles. The maximum Gasteiger partial charge on any atom is 0.420 e. The van der Waals surface area contributed by atoms with Crippen LogP contribution < -0.4 is 9.64 Å². The van der Waals surface area contributed by atoms with Gasteiger partial charge in [-0.05, 0) is 36.4 Å². The van der Waals surface area contributed by atoms with Crippen molar-refractivity contribution in [2.75, 3.05) is 11.9 Å². The van der Waals surface area contributed by atoms with Crippen LogP contribution in [0.1, 0.15) is 16.7 Å². The highest BCUT2D eigenvalue weighted by Gasteiger charge is 2.41. The zero-order chi connectivity index (χ0) is 24.5. The molecule has 0 aliphatic heterocycles. The lowest BCUT2D eigenvalue weighted by molar-refractivity contribution is -0.143. The first kappa shape index (κ1) is 25.3. The van der Waals surface area contributed by atoms with E-state index in [1.54, 1.807) is 19.6 Å². The maximum atomic E-state index is 13.6. The second-order valence-corrected chi connectivity index (χ2v) is 12.5. The first-order chi connectivity index (χ1) is 14.5. The Bertz CT molecular complexity index is 1060. The van der Waals surface area contributed by atoms with E-state index in [0.29, 0.717) is 6.07 Å². The van der Waals surface area contributed by atoms with Crippen LogP contribution in [0.25, 0.3) is 0 Å². The molecule has 0 spiro atoms. The van der Waals surface area contributed by atoms with Gasteiger partial charge in [0.05, 0.1) is 11.1 Å². The van der Waals surface area contributed by atoms with Gasteiger partial charge in [0.1, 0.15) is 19.5 Å². The number of hydrogen-bond donors (Lipinski definition) is 0. The number of halogens is 7. The molecule has 0 radical (unpaired) electrons. The van der Waals surface area contributed by atoms with Crippen LogP contribution >= 0.6 is 0 Å². The number of carbonyl (C=O) groups is 1. The molecule has 3 nitrogen and oxygen atoms in total. The molecule has 2 aromatic rings. The van der Waals surface area contributed by atoms with Crippen LogP contribution in [0, 0.1) is 17.3 Å². The van der Waals surface area contributed by atoms with Crippen molar-refractivity contribution in [3.8, 4) is 17.2 Å². The molecule has 0 N–H and O–H groups in total. The van der Waals surface area contributed by atoms with Gasteiger partial charge in [-0.25, -0.2) is 9.18 Å². The molecule has 172 valence electrons. The Morgan fingerprint density at radius 1 is 0.969 bits per heavy atom. The van der Waals surface area contributed by atoms with Gasteiger partial charge in [0, 0.05) is 12.7 Å². The van der Waals surface area contributed by atoms with Crippen molar-refractivity contribution in [3.05, 3.63) is 58.9 Å². The van der Waals surface area contributed by atoms with Crippen molar-refractivity contribution >= 4 is 19.9 Å². The summed E-state index contributed by atoms with van der Waals surface area (Å²) in [5.74, 6) is 0.597. The number of anilines is 1. The molecule has 0 aliphatic carbocycles. The van der Waals surface area contributed by atoms with Crippen LogP contribution in [0.4, 0.5) is 41.2 Å². The summed E-state index contributed by atoms with van der Waals surface area (Å²) >= 11 is 0. The Balaban J connectivity index is 2.65. The van der Waals surface area contributed by atoms with Crippen LogP contribution in [0.5, 0.6) is 5.75 Å². The van der Waals surface area contributed by atoms with Gasteiger partial charge in [-0.15, -0.1) is 5.54 Å². The summed E-state index contributed by atoms with van der Waals surface area (Å²) in [5.41, 5.74) is -1.30. The molecule has 0 saturated heterocycles. The quantitative estimate of drug-likeness (QED) is 0.273. The minimum absolute atomic E-state index is 0.0894. The Hall–Kier alpha value is -3.00. The third-order valence-electron chi connectivity index (χ3n) is 3.97. The number of rotatable bonds is 2. The van der Waals surface area contributed by atoms with E-state index >= 15 is 0 Å². The SMILES string of the molecule is CN(C(=O)Oc1c(C#C[Si](C)(C)C)cc(C(F)(F)F)cc1C(F)(F)F)c1ccc(F)cc1. The third-order valence-corrected chi connectivity index (χ3v) is 4.85. The number of nitrogens with zero attached hydrogens (tertiary/aromatic N) is 1. The standard InChI is InChI=1S/C21H18F7NO2Si/c1-29(16-7-5-15(22)6-8-16)19(30)31-18-13(9-10-32(2,3)4)11-14(20(23,24)25)12-17(18)21(26,27)28/h5-8,11-12H,1-4H3. The summed E-state index contributed by atoms with van der Waals surface area (Å²) in [5, 5.41) is 0. The molecule has 2 rings (SSSR count). The van der Waals surface area contributed by atoms with E-state index < -0.39 is 54.8 Å². The highest BCUT2D eigenvalue weighted by atomic mass is 28.3. The second-order valence-electron chi connectivity index (χ2n) is 7.80. The summed E-state index contributed by atoms with van der Waals surface area (Å²) in [6.07, 6.45) is -11.7. The van der Waals surface area contributed by atoms with Crippen molar-refractivity contribution in [1.29, 1.82) is 0 Å². The topological polar surface area (TPSA) is 29.5 Å². The first-order valence-electron chi connectivity index (χ1n) is 9.06. The molecule has 0 unspecified atom stereocenters. The van der Waals surface area contributed by atoms with E-state index in [0.717, 1.165) is 24.1 Å². The van der Waals surface area contributed by atoms with Crippen LogP contribution in [-0.2, 0) is 12.4 Å². The van der Waals surface area contributed by atoms with Crippen LogP contribution in [-0.4, -0.2) is 21.2 Å². The normalized spacial score (nSPS) is 12.1.